The first-order chi connectivity index (χ1) is 13.7. The Morgan fingerprint density at radius 2 is 1.93 bits per heavy atom. The number of nitrogens with one attached hydrogen (secondary N) is 1. The number of hydrogen-bond acceptors (Lipinski definition) is 3. The van der Waals surface area contributed by atoms with Gasteiger partial charge in [-0.25, -0.2) is 0 Å². The zero-order chi connectivity index (χ0) is 19.3. The largest absolute Gasteiger partial charge is 0.489 e. The zero-order valence-corrected chi connectivity index (χ0v) is 16.9. The Labute approximate surface area is 170 Å². The SMILES string of the molecule is CC[C@H]1CCc2sc(C(=O)Nc3ccc(OCc4ccccc4)cc3)cc2C1. The van der Waals surface area contributed by atoms with Crippen LogP contribution < -0.4 is 10.1 Å². The molecule has 1 aromatic heterocycles. The van der Waals surface area contributed by atoms with Crippen LogP contribution in [0, 0.1) is 5.92 Å². The molecule has 0 radical (unpaired) electrons. The molecule has 0 spiro atoms. The summed E-state index contributed by atoms with van der Waals surface area (Å²) in [5, 5.41) is 3.01. The van der Waals surface area contributed by atoms with Crippen LogP contribution in [0.4, 0.5) is 5.69 Å². The van der Waals surface area contributed by atoms with Crippen molar-refractivity contribution in [3.63, 3.8) is 0 Å². The van der Waals surface area contributed by atoms with Crippen LogP contribution in [0.25, 0.3) is 0 Å². The summed E-state index contributed by atoms with van der Waals surface area (Å²) in [6, 6.07) is 19.7. The molecule has 2 aromatic carbocycles. The van der Waals surface area contributed by atoms with Gasteiger partial charge in [0.1, 0.15) is 12.4 Å². The number of thiophene rings is 1. The van der Waals surface area contributed by atoms with E-state index in [1.165, 1.54) is 23.3 Å². The first-order valence-corrected chi connectivity index (χ1v) is 10.7. The van der Waals surface area contributed by atoms with Crippen molar-refractivity contribution in [2.45, 2.75) is 39.2 Å². The maximum atomic E-state index is 12.6. The standard InChI is InChI=1S/C24H25NO2S/c1-2-17-8-13-22-19(14-17)15-23(28-22)24(26)25-20-9-11-21(12-10-20)27-16-18-6-4-3-5-7-18/h3-7,9-12,15,17H,2,8,13-14,16H2,1H3,(H,25,26)/t17-/m0/s1. The normalized spacial score (nSPS) is 15.7. The van der Waals surface area contributed by atoms with Crippen LogP contribution in [0.1, 0.15) is 45.4 Å². The molecule has 0 bridgehead atoms. The quantitative estimate of drug-likeness (QED) is 0.552. The van der Waals surface area contributed by atoms with Gasteiger partial charge < -0.3 is 10.1 Å². The van der Waals surface area contributed by atoms with Gasteiger partial charge in [-0.1, -0.05) is 43.7 Å². The first-order valence-electron chi connectivity index (χ1n) is 9.91. The Kier molecular flexibility index (Phi) is 5.77. The molecule has 0 aliphatic heterocycles. The predicted molar refractivity (Wildman–Crippen MR) is 115 cm³/mol. The second-order valence-electron chi connectivity index (χ2n) is 7.33. The average molecular weight is 392 g/mol. The van der Waals surface area contributed by atoms with Gasteiger partial charge in [0.25, 0.3) is 5.91 Å². The van der Waals surface area contributed by atoms with Crippen molar-refractivity contribution in [2.24, 2.45) is 5.92 Å². The van der Waals surface area contributed by atoms with Crippen molar-refractivity contribution in [2.75, 3.05) is 5.32 Å². The van der Waals surface area contributed by atoms with Crippen LogP contribution >= 0.6 is 11.3 Å². The molecule has 3 nitrogen and oxygen atoms in total. The minimum atomic E-state index is -0.0228. The highest BCUT2D eigenvalue weighted by atomic mass is 32.1. The topological polar surface area (TPSA) is 38.3 Å². The third-order valence-electron chi connectivity index (χ3n) is 5.35. The van der Waals surface area contributed by atoms with Crippen LogP contribution in [-0.4, -0.2) is 5.91 Å². The van der Waals surface area contributed by atoms with Crippen LogP contribution in [0.5, 0.6) is 5.75 Å². The van der Waals surface area contributed by atoms with Gasteiger partial charge in [0.2, 0.25) is 0 Å². The highest BCUT2D eigenvalue weighted by Crippen LogP contribution is 2.33. The van der Waals surface area contributed by atoms with Gasteiger partial charge in [0.15, 0.2) is 0 Å². The van der Waals surface area contributed by atoms with Gasteiger partial charge in [-0.15, -0.1) is 11.3 Å². The molecule has 4 rings (SSSR count). The predicted octanol–water partition coefficient (Wildman–Crippen LogP) is 6.09. The van der Waals surface area contributed by atoms with E-state index in [1.807, 2.05) is 54.6 Å². The summed E-state index contributed by atoms with van der Waals surface area (Å²) in [6.45, 7) is 2.79. The minimum absolute atomic E-state index is 0.0228. The summed E-state index contributed by atoms with van der Waals surface area (Å²) in [5.74, 6) is 1.53. The molecule has 1 aliphatic carbocycles. The Morgan fingerprint density at radius 1 is 1.14 bits per heavy atom. The molecular weight excluding hydrogens is 366 g/mol. The Morgan fingerprint density at radius 3 is 2.68 bits per heavy atom. The fourth-order valence-corrected chi connectivity index (χ4v) is 4.73. The molecule has 1 aliphatic rings. The second-order valence-corrected chi connectivity index (χ2v) is 8.47. The summed E-state index contributed by atoms with van der Waals surface area (Å²) < 4.78 is 5.80. The summed E-state index contributed by atoms with van der Waals surface area (Å²) in [5.41, 5.74) is 3.29. The third-order valence-corrected chi connectivity index (χ3v) is 6.58. The Balaban J connectivity index is 1.35. The van der Waals surface area contributed by atoms with E-state index >= 15 is 0 Å². The van der Waals surface area contributed by atoms with Crippen molar-refractivity contribution in [1.29, 1.82) is 0 Å². The highest BCUT2D eigenvalue weighted by molar-refractivity contribution is 7.14. The number of rotatable bonds is 6. The number of aryl methyl sites for hydroxylation is 1. The van der Waals surface area contributed by atoms with E-state index in [0.29, 0.717) is 6.61 Å². The molecule has 1 N–H and O–H groups in total. The van der Waals surface area contributed by atoms with E-state index in [9.17, 15) is 4.79 Å². The summed E-state index contributed by atoms with van der Waals surface area (Å²) in [7, 11) is 0. The molecule has 144 valence electrons. The fraction of sp³-hybridized carbons (Fsp3) is 0.292. The number of amides is 1. The second kappa shape index (κ2) is 8.61. The van der Waals surface area contributed by atoms with Crippen LogP contribution in [0.3, 0.4) is 0 Å². The van der Waals surface area contributed by atoms with Gasteiger partial charge in [0, 0.05) is 10.6 Å². The fourth-order valence-electron chi connectivity index (χ4n) is 3.63. The maximum Gasteiger partial charge on any atom is 0.265 e. The summed E-state index contributed by atoms with van der Waals surface area (Å²) >= 11 is 1.65. The third kappa shape index (κ3) is 4.45. The van der Waals surface area contributed by atoms with Gasteiger partial charge in [0.05, 0.1) is 4.88 Å². The molecule has 0 fully saturated rings. The lowest BCUT2D eigenvalue weighted by molar-refractivity contribution is 0.103. The molecule has 4 heteroatoms. The van der Waals surface area contributed by atoms with Crippen molar-refractivity contribution in [3.8, 4) is 5.75 Å². The molecule has 0 saturated carbocycles. The van der Waals surface area contributed by atoms with Crippen LogP contribution in [0.15, 0.2) is 60.7 Å². The number of hydrogen-bond donors (Lipinski definition) is 1. The number of benzene rings is 2. The molecule has 1 amide bonds. The number of fused-ring (bicyclic) bond motifs is 1. The number of ether oxygens (including phenoxy) is 1. The summed E-state index contributed by atoms with van der Waals surface area (Å²) in [6.07, 6.45) is 4.69. The number of carbonyl (C=O) groups excluding carboxylic acids is 1. The lowest BCUT2D eigenvalue weighted by Crippen LogP contribution is -2.11. The van der Waals surface area contributed by atoms with E-state index in [-0.39, 0.29) is 5.91 Å². The van der Waals surface area contributed by atoms with E-state index < -0.39 is 0 Å². The lowest BCUT2D eigenvalue weighted by atomic mass is 9.87. The smallest absolute Gasteiger partial charge is 0.265 e. The molecule has 0 unspecified atom stereocenters. The van der Waals surface area contributed by atoms with Gasteiger partial charge in [-0.3, -0.25) is 4.79 Å². The van der Waals surface area contributed by atoms with E-state index in [4.69, 9.17) is 4.74 Å². The van der Waals surface area contributed by atoms with Crippen LogP contribution in [-0.2, 0) is 19.4 Å². The van der Waals surface area contributed by atoms with E-state index in [1.54, 1.807) is 11.3 Å². The van der Waals surface area contributed by atoms with Crippen molar-refractivity contribution >= 4 is 22.9 Å². The van der Waals surface area contributed by atoms with Crippen molar-refractivity contribution in [3.05, 3.63) is 81.5 Å². The lowest BCUT2D eigenvalue weighted by Gasteiger charge is -2.19. The molecule has 3 aromatic rings. The van der Waals surface area contributed by atoms with E-state index in [0.717, 1.165) is 40.6 Å². The van der Waals surface area contributed by atoms with Crippen molar-refractivity contribution < 1.29 is 9.53 Å². The molecule has 0 saturated heterocycles. The zero-order valence-electron chi connectivity index (χ0n) is 16.1. The summed E-state index contributed by atoms with van der Waals surface area (Å²) in [4.78, 5) is 14.8. The molecule has 1 heterocycles. The molecule has 28 heavy (non-hydrogen) atoms. The molecule has 1 atom stereocenters. The number of anilines is 1. The van der Waals surface area contributed by atoms with Gasteiger partial charge in [-0.2, -0.15) is 0 Å². The monoisotopic (exact) mass is 391 g/mol. The van der Waals surface area contributed by atoms with Crippen LogP contribution in [0.2, 0.25) is 0 Å². The first kappa shape index (κ1) is 18.8. The Hall–Kier alpha value is -2.59. The highest BCUT2D eigenvalue weighted by Gasteiger charge is 2.22. The van der Waals surface area contributed by atoms with Gasteiger partial charge >= 0.3 is 0 Å². The van der Waals surface area contributed by atoms with Gasteiger partial charge in [-0.05, 0) is 66.6 Å². The maximum absolute atomic E-state index is 12.6. The Bertz CT molecular complexity index is 931. The van der Waals surface area contributed by atoms with E-state index in [2.05, 4.69) is 18.3 Å². The molecular formula is C24H25NO2S. The van der Waals surface area contributed by atoms with Crippen molar-refractivity contribution in [1.82, 2.24) is 0 Å². The number of carbonyl (C=O) groups is 1. The average Bonchev–Trinajstić information content (AvgIpc) is 3.17. The minimum Gasteiger partial charge on any atom is -0.489 e.